The highest BCUT2D eigenvalue weighted by Gasteiger charge is 2.70. The summed E-state index contributed by atoms with van der Waals surface area (Å²) in [5.74, 6) is -1.60. The lowest BCUT2D eigenvalue weighted by atomic mass is 9.68. The largest absolute Gasteiger partial charge is 0.429 e. The summed E-state index contributed by atoms with van der Waals surface area (Å²) in [5.41, 5.74) is -0.236. The number of carbonyl (C=O) groups excluding carboxylic acids is 1. The molecule has 4 heteroatoms. The van der Waals surface area contributed by atoms with E-state index < -0.39 is 17.2 Å². The lowest BCUT2D eigenvalue weighted by molar-refractivity contribution is -0.258. The van der Waals surface area contributed by atoms with Crippen molar-refractivity contribution in [3.63, 3.8) is 0 Å². The van der Waals surface area contributed by atoms with Crippen molar-refractivity contribution in [1.82, 2.24) is 0 Å². The minimum atomic E-state index is -1.40. The topological polar surface area (TPSA) is 55.8 Å². The molecule has 0 aromatic rings. The van der Waals surface area contributed by atoms with Gasteiger partial charge >= 0.3 is 5.97 Å². The van der Waals surface area contributed by atoms with E-state index in [9.17, 15) is 9.90 Å². The Kier molecular flexibility index (Phi) is 4.06. The lowest BCUT2D eigenvalue weighted by Crippen LogP contribution is -2.50. The standard InChI is InChI=1S/C17H26O4/c1-6-9-20-11-12(2)14(18)21-17(19)10-13-7-8-16(17,5)15(13,3)4/h6,13,19H,1-2,7-11H2,3-5H3/t13-,16-,17-/m1/s1. The van der Waals surface area contributed by atoms with Crippen molar-refractivity contribution in [2.75, 3.05) is 13.2 Å². The van der Waals surface area contributed by atoms with Gasteiger partial charge in [-0.05, 0) is 24.2 Å². The van der Waals surface area contributed by atoms with Gasteiger partial charge in [0.1, 0.15) is 0 Å². The summed E-state index contributed by atoms with van der Waals surface area (Å²) < 4.78 is 10.7. The summed E-state index contributed by atoms with van der Waals surface area (Å²) in [6.07, 6.45) is 4.05. The van der Waals surface area contributed by atoms with E-state index in [-0.39, 0.29) is 17.6 Å². The minimum Gasteiger partial charge on any atom is -0.429 e. The van der Waals surface area contributed by atoms with E-state index in [1.807, 2.05) is 6.92 Å². The van der Waals surface area contributed by atoms with Crippen molar-refractivity contribution in [2.24, 2.45) is 16.7 Å². The van der Waals surface area contributed by atoms with Crippen LogP contribution in [0.2, 0.25) is 0 Å². The fourth-order valence-corrected chi connectivity index (χ4v) is 3.92. The van der Waals surface area contributed by atoms with Gasteiger partial charge in [-0.3, -0.25) is 0 Å². The molecule has 2 aliphatic carbocycles. The second-order valence-corrected chi connectivity index (χ2v) is 7.07. The predicted molar refractivity (Wildman–Crippen MR) is 80.4 cm³/mol. The molecule has 2 bridgehead atoms. The highest BCUT2D eigenvalue weighted by atomic mass is 16.7. The van der Waals surface area contributed by atoms with Gasteiger partial charge < -0.3 is 14.6 Å². The van der Waals surface area contributed by atoms with Crippen LogP contribution in [0.4, 0.5) is 0 Å². The van der Waals surface area contributed by atoms with E-state index in [1.54, 1.807) is 6.08 Å². The molecule has 0 aliphatic heterocycles. The van der Waals surface area contributed by atoms with Gasteiger partial charge in [0.05, 0.1) is 18.8 Å². The molecule has 21 heavy (non-hydrogen) atoms. The van der Waals surface area contributed by atoms with Crippen LogP contribution in [0.25, 0.3) is 0 Å². The molecule has 0 amide bonds. The minimum absolute atomic E-state index is 0.0390. The SMILES string of the molecule is C=CCOCC(=C)C(=O)O[C@]1(O)C[C@H]2CC[C@]1(C)C2(C)C. The van der Waals surface area contributed by atoms with Crippen molar-refractivity contribution in [1.29, 1.82) is 0 Å². The van der Waals surface area contributed by atoms with Gasteiger partial charge in [0.2, 0.25) is 5.79 Å². The molecule has 118 valence electrons. The van der Waals surface area contributed by atoms with E-state index in [0.29, 0.717) is 18.9 Å². The average Bonchev–Trinajstić information content (AvgIpc) is 2.70. The molecule has 2 fully saturated rings. The second-order valence-electron chi connectivity index (χ2n) is 7.07. The van der Waals surface area contributed by atoms with E-state index >= 15 is 0 Å². The third-order valence-corrected chi connectivity index (χ3v) is 5.88. The van der Waals surface area contributed by atoms with Crippen LogP contribution in [-0.2, 0) is 14.3 Å². The molecule has 0 aromatic heterocycles. The Balaban J connectivity index is 2.04. The summed E-state index contributed by atoms with van der Waals surface area (Å²) in [7, 11) is 0. The zero-order valence-electron chi connectivity index (χ0n) is 13.3. The van der Waals surface area contributed by atoms with Crippen LogP contribution in [0.15, 0.2) is 24.8 Å². The molecule has 2 aliphatic rings. The first kappa shape index (κ1) is 16.2. The summed E-state index contributed by atoms with van der Waals surface area (Å²) >= 11 is 0. The van der Waals surface area contributed by atoms with Crippen LogP contribution in [0.1, 0.15) is 40.0 Å². The molecule has 0 aromatic carbocycles. The number of ether oxygens (including phenoxy) is 2. The molecule has 0 radical (unpaired) electrons. The molecule has 1 N–H and O–H groups in total. The van der Waals surface area contributed by atoms with Crippen LogP contribution in [0, 0.1) is 16.7 Å². The van der Waals surface area contributed by atoms with Crippen molar-refractivity contribution in [2.45, 2.75) is 45.8 Å². The molecule has 2 rings (SSSR count). The second kappa shape index (κ2) is 5.25. The van der Waals surface area contributed by atoms with E-state index in [0.717, 1.165) is 12.8 Å². The van der Waals surface area contributed by atoms with E-state index in [1.165, 1.54) is 0 Å². The fourth-order valence-electron chi connectivity index (χ4n) is 3.92. The van der Waals surface area contributed by atoms with Crippen LogP contribution in [0.5, 0.6) is 0 Å². The fraction of sp³-hybridized carbons (Fsp3) is 0.706. The Morgan fingerprint density at radius 3 is 2.57 bits per heavy atom. The van der Waals surface area contributed by atoms with Gasteiger partial charge in [0.15, 0.2) is 0 Å². The van der Waals surface area contributed by atoms with Gasteiger partial charge in [0, 0.05) is 11.8 Å². The molecular weight excluding hydrogens is 268 g/mol. The van der Waals surface area contributed by atoms with Gasteiger partial charge in [0.25, 0.3) is 0 Å². The average molecular weight is 294 g/mol. The Morgan fingerprint density at radius 2 is 2.10 bits per heavy atom. The van der Waals surface area contributed by atoms with Crippen LogP contribution in [-0.4, -0.2) is 30.1 Å². The zero-order chi connectivity index (χ0) is 15.9. The number of carbonyl (C=O) groups is 1. The maximum atomic E-state index is 12.1. The third kappa shape index (κ3) is 2.34. The van der Waals surface area contributed by atoms with E-state index in [4.69, 9.17) is 9.47 Å². The number of hydrogen-bond donors (Lipinski definition) is 1. The maximum absolute atomic E-state index is 12.1. The van der Waals surface area contributed by atoms with Crippen LogP contribution < -0.4 is 0 Å². The smallest absolute Gasteiger partial charge is 0.338 e. The summed E-state index contributed by atoms with van der Waals surface area (Å²) in [6, 6.07) is 0. The van der Waals surface area contributed by atoms with E-state index in [2.05, 4.69) is 27.0 Å². The number of rotatable bonds is 6. The Bertz CT molecular complexity index is 467. The highest BCUT2D eigenvalue weighted by Crippen LogP contribution is 2.69. The number of aliphatic hydroxyl groups is 1. The van der Waals surface area contributed by atoms with Crippen molar-refractivity contribution >= 4 is 5.97 Å². The highest BCUT2D eigenvalue weighted by molar-refractivity contribution is 5.88. The summed E-state index contributed by atoms with van der Waals surface area (Å²) in [5, 5.41) is 10.9. The van der Waals surface area contributed by atoms with Crippen molar-refractivity contribution in [3.05, 3.63) is 24.8 Å². The van der Waals surface area contributed by atoms with Crippen molar-refractivity contribution < 1.29 is 19.4 Å². The Labute approximate surface area is 126 Å². The van der Waals surface area contributed by atoms with Crippen LogP contribution in [0.3, 0.4) is 0 Å². The van der Waals surface area contributed by atoms with Gasteiger partial charge in [-0.15, -0.1) is 6.58 Å². The van der Waals surface area contributed by atoms with Crippen molar-refractivity contribution in [3.8, 4) is 0 Å². The summed E-state index contributed by atoms with van der Waals surface area (Å²) in [6.45, 7) is 14.0. The first-order valence-electron chi connectivity index (χ1n) is 7.50. The molecule has 0 heterocycles. The molecule has 3 atom stereocenters. The zero-order valence-corrected chi connectivity index (χ0v) is 13.3. The quantitative estimate of drug-likeness (QED) is 0.269. The van der Waals surface area contributed by atoms with Gasteiger partial charge in [-0.25, -0.2) is 4.79 Å². The van der Waals surface area contributed by atoms with Gasteiger partial charge in [-0.1, -0.05) is 33.4 Å². The molecule has 2 saturated carbocycles. The molecule has 0 spiro atoms. The monoisotopic (exact) mass is 294 g/mol. The first-order valence-corrected chi connectivity index (χ1v) is 7.50. The number of fused-ring (bicyclic) bond motifs is 2. The Morgan fingerprint density at radius 1 is 1.43 bits per heavy atom. The molecule has 0 unspecified atom stereocenters. The molecule has 4 nitrogen and oxygen atoms in total. The summed E-state index contributed by atoms with van der Waals surface area (Å²) in [4.78, 5) is 12.1. The lowest BCUT2D eigenvalue weighted by Gasteiger charge is -2.43. The predicted octanol–water partition coefficient (Wildman–Crippen LogP) is 2.82. The Hall–Kier alpha value is -1.13. The maximum Gasteiger partial charge on any atom is 0.338 e. The first-order chi connectivity index (χ1) is 9.68. The van der Waals surface area contributed by atoms with Gasteiger partial charge in [-0.2, -0.15) is 0 Å². The third-order valence-electron chi connectivity index (χ3n) is 5.88. The number of hydrogen-bond acceptors (Lipinski definition) is 4. The number of esters is 1. The van der Waals surface area contributed by atoms with Crippen LogP contribution >= 0.6 is 0 Å². The normalized spacial score (nSPS) is 36.5. The molecular formula is C17H26O4. The molecule has 0 saturated heterocycles.